The van der Waals surface area contributed by atoms with Crippen LogP contribution in [0.15, 0.2) is 17.2 Å². The van der Waals surface area contributed by atoms with Gasteiger partial charge in [0.1, 0.15) is 0 Å². The van der Waals surface area contributed by atoms with Gasteiger partial charge >= 0.3 is 140 Å². The van der Waals surface area contributed by atoms with Gasteiger partial charge in [0, 0.05) is 0 Å². The van der Waals surface area contributed by atoms with Gasteiger partial charge in [-0.2, -0.15) is 0 Å². The maximum absolute atomic E-state index is 12.6. The van der Waals surface area contributed by atoms with Crippen LogP contribution in [0.25, 0.3) is 0 Å². The summed E-state index contributed by atoms with van der Waals surface area (Å²) in [4.78, 5) is 18.9. The van der Waals surface area contributed by atoms with Crippen LogP contribution in [0.2, 0.25) is 0 Å². The van der Waals surface area contributed by atoms with Crippen molar-refractivity contribution in [2.75, 3.05) is 38.2 Å². The monoisotopic (exact) mass is 442 g/mol. The number of likely N-dealkylation sites (N-methyl/N-ethyl adjacent to an activating group) is 1. The molecule has 22 heavy (non-hydrogen) atoms. The fourth-order valence-electron chi connectivity index (χ4n) is 2.04. The molecule has 1 aliphatic rings. The maximum atomic E-state index is 12.6. The second-order valence-electron chi connectivity index (χ2n) is 4.77. The van der Waals surface area contributed by atoms with Crippen LogP contribution in [0.3, 0.4) is 0 Å². The van der Waals surface area contributed by atoms with Crippen LogP contribution in [0.4, 0.5) is 0 Å². The number of aromatic nitrogens is 1. The number of nitrogens with zero attached hydrogens (tertiary/aromatic N) is 3. The topological polar surface area (TPSA) is 100 Å². The van der Waals surface area contributed by atoms with Crippen molar-refractivity contribution in [1.82, 2.24) is 14.2 Å². The number of carbonyl (C=O) groups is 1. The van der Waals surface area contributed by atoms with E-state index in [1.807, 2.05) is 11.9 Å². The van der Waals surface area contributed by atoms with Crippen LogP contribution < -0.4 is 24.7 Å². The standard InChI is InChI=1S/C12H17IN3O5S/c1-13-21-11-10(12(17)18)7-9(8-14-11)22(19,20)16-5-3-15(2)4-6-16/h7-8H,3-6H2,1-2H3,(H,17,18)/q-1. The van der Waals surface area contributed by atoms with Gasteiger partial charge in [-0.1, -0.05) is 0 Å². The molecular weight excluding hydrogens is 425 g/mol. The number of pyridine rings is 1. The van der Waals surface area contributed by atoms with Crippen LogP contribution >= 0.6 is 0 Å². The molecular formula is C12H17IN3O5S-. The summed E-state index contributed by atoms with van der Waals surface area (Å²) in [5, 5.41) is 9.20. The van der Waals surface area contributed by atoms with E-state index < -0.39 is 37.6 Å². The zero-order chi connectivity index (χ0) is 16.3. The van der Waals surface area contributed by atoms with Crippen LogP contribution in [-0.4, -0.2) is 71.8 Å². The normalized spacial score (nSPS) is 17.5. The van der Waals surface area contributed by atoms with Gasteiger partial charge < -0.3 is 0 Å². The Bertz CT molecular complexity index is 659. The van der Waals surface area contributed by atoms with E-state index in [9.17, 15) is 18.3 Å². The molecule has 0 aromatic carbocycles. The van der Waals surface area contributed by atoms with Gasteiger partial charge in [-0.3, -0.25) is 0 Å². The molecule has 1 N–H and O–H groups in total. The van der Waals surface area contributed by atoms with Gasteiger partial charge in [0.05, 0.1) is 0 Å². The molecule has 1 aromatic heterocycles. The molecule has 0 amide bonds. The molecule has 0 unspecified atom stereocenters. The van der Waals surface area contributed by atoms with Crippen molar-refractivity contribution in [3.63, 3.8) is 0 Å². The third-order valence-corrected chi connectivity index (χ3v) is 6.03. The molecule has 1 saturated heterocycles. The number of aromatic carboxylic acids is 1. The van der Waals surface area contributed by atoms with E-state index in [-0.39, 0.29) is 16.3 Å². The van der Waals surface area contributed by atoms with Crippen molar-refractivity contribution in [2.24, 2.45) is 0 Å². The number of carboxylic acid groups (broad SMARTS) is 1. The average molecular weight is 442 g/mol. The zero-order valence-corrected chi connectivity index (χ0v) is 15.2. The van der Waals surface area contributed by atoms with Gasteiger partial charge in [-0.25, -0.2) is 0 Å². The van der Waals surface area contributed by atoms with Crippen molar-refractivity contribution in [2.45, 2.75) is 4.90 Å². The first-order valence-corrected chi connectivity index (χ1v) is 10.9. The van der Waals surface area contributed by atoms with Gasteiger partial charge in [-0.15, -0.1) is 0 Å². The summed E-state index contributed by atoms with van der Waals surface area (Å²) in [5.74, 6) is -1.28. The van der Waals surface area contributed by atoms with Crippen molar-refractivity contribution in [3.8, 4) is 5.88 Å². The van der Waals surface area contributed by atoms with Gasteiger partial charge in [0.15, 0.2) is 0 Å². The summed E-state index contributed by atoms with van der Waals surface area (Å²) in [6, 6.07) is 1.12. The fraction of sp³-hybridized carbons (Fsp3) is 0.500. The predicted molar refractivity (Wildman–Crippen MR) is 74.0 cm³/mol. The summed E-state index contributed by atoms with van der Waals surface area (Å²) < 4.78 is 31.7. The number of rotatable bonds is 5. The molecule has 1 fully saturated rings. The number of alkyl halides is 1. The summed E-state index contributed by atoms with van der Waals surface area (Å²) >= 11 is -0.661. The Hall–Kier alpha value is -0.980. The molecule has 124 valence electrons. The SMILES string of the molecule is C[I-]Oc1ncc(S(=O)(=O)N2CCN(C)CC2)cc1C(=O)O. The molecule has 10 heteroatoms. The quantitative estimate of drug-likeness (QED) is 0.378. The number of halogens is 1. The van der Waals surface area contributed by atoms with E-state index in [0.717, 1.165) is 12.3 Å². The molecule has 1 aliphatic heterocycles. The molecule has 1 aromatic rings. The molecule has 0 saturated carbocycles. The second kappa shape index (κ2) is 7.06. The van der Waals surface area contributed by atoms with Crippen LogP contribution in [-0.2, 0) is 10.0 Å². The van der Waals surface area contributed by atoms with Gasteiger partial charge in [-0.05, 0) is 0 Å². The Morgan fingerprint density at radius 3 is 2.55 bits per heavy atom. The van der Waals surface area contributed by atoms with E-state index in [2.05, 4.69) is 4.98 Å². The fourth-order valence-corrected chi connectivity index (χ4v) is 4.20. The number of piperazine rings is 1. The Morgan fingerprint density at radius 2 is 2.00 bits per heavy atom. The minimum atomic E-state index is -3.74. The van der Waals surface area contributed by atoms with Crippen molar-refractivity contribution < 1.29 is 43.0 Å². The molecule has 2 rings (SSSR count). The first-order valence-electron chi connectivity index (χ1n) is 6.44. The Kier molecular flexibility index (Phi) is 5.58. The third-order valence-electron chi connectivity index (χ3n) is 3.31. The number of hydrogen-bond acceptors (Lipinski definition) is 6. The molecule has 0 spiro atoms. The van der Waals surface area contributed by atoms with E-state index in [0.29, 0.717) is 26.2 Å². The van der Waals surface area contributed by atoms with E-state index in [4.69, 9.17) is 3.07 Å². The predicted octanol–water partition coefficient (Wildman–Crippen LogP) is -3.27. The average Bonchev–Trinajstić information content (AvgIpc) is 2.48. The summed E-state index contributed by atoms with van der Waals surface area (Å²) in [7, 11) is -1.81. The Morgan fingerprint density at radius 1 is 1.36 bits per heavy atom. The number of carboxylic acids is 1. The minimum absolute atomic E-state index is 0.0277. The molecule has 8 nitrogen and oxygen atoms in total. The molecule has 0 atom stereocenters. The number of hydrogen-bond donors (Lipinski definition) is 1. The van der Waals surface area contributed by atoms with Crippen molar-refractivity contribution in [3.05, 3.63) is 17.8 Å². The molecule has 0 radical (unpaired) electrons. The number of sulfonamides is 1. The molecule has 0 aliphatic carbocycles. The Balaban J connectivity index is 2.35. The van der Waals surface area contributed by atoms with Crippen LogP contribution in [0, 0.1) is 0 Å². The second-order valence-corrected chi connectivity index (χ2v) is 8.03. The van der Waals surface area contributed by atoms with E-state index in [1.54, 1.807) is 4.93 Å². The summed E-state index contributed by atoms with van der Waals surface area (Å²) in [6.07, 6.45) is 1.16. The third kappa shape index (κ3) is 3.67. The molecule has 0 bridgehead atoms. The van der Waals surface area contributed by atoms with E-state index >= 15 is 0 Å². The van der Waals surface area contributed by atoms with Gasteiger partial charge in [0.25, 0.3) is 0 Å². The van der Waals surface area contributed by atoms with E-state index in [1.165, 1.54) is 4.31 Å². The summed E-state index contributed by atoms with van der Waals surface area (Å²) in [6.45, 7) is 2.03. The van der Waals surface area contributed by atoms with Crippen molar-refractivity contribution in [1.29, 1.82) is 0 Å². The molecule has 2 heterocycles. The first kappa shape index (κ1) is 17.4. The Labute approximate surface area is 139 Å². The zero-order valence-electron chi connectivity index (χ0n) is 12.2. The van der Waals surface area contributed by atoms with Crippen LogP contribution in [0.1, 0.15) is 10.4 Å². The van der Waals surface area contributed by atoms with Crippen LogP contribution in [0.5, 0.6) is 5.88 Å². The van der Waals surface area contributed by atoms with Gasteiger partial charge in [0.2, 0.25) is 0 Å². The summed E-state index contributed by atoms with van der Waals surface area (Å²) in [5.41, 5.74) is -0.225. The van der Waals surface area contributed by atoms with Crippen molar-refractivity contribution >= 4 is 16.0 Å². The first-order chi connectivity index (χ1) is 10.4.